The number of likely N-dealkylation sites (tertiary alicyclic amines) is 1. The van der Waals surface area contributed by atoms with Gasteiger partial charge in [0.15, 0.2) is 0 Å². The molecule has 2 aliphatic rings. The van der Waals surface area contributed by atoms with Gasteiger partial charge in [0, 0.05) is 37.8 Å². The molecule has 1 fully saturated rings. The fourth-order valence-electron chi connectivity index (χ4n) is 4.79. The Kier molecular flexibility index (Phi) is 5.50. The summed E-state index contributed by atoms with van der Waals surface area (Å²) in [6.45, 7) is 3.51. The van der Waals surface area contributed by atoms with Gasteiger partial charge in [0.2, 0.25) is 0 Å². The average molecular weight is 427 g/mol. The molecule has 5 heteroatoms. The lowest BCUT2D eigenvalue weighted by Crippen LogP contribution is -2.37. The van der Waals surface area contributed by atoms with E-state index < -0.39 is 0 Å². The molecule has 0 aromatic heterocycles. The molecule has 3 aromatic carbocycles. The number of esters is 1. The van der Waals surface area contributed by atoms with E-state index in [2.05, 4.69) is 35.2 Å². The third kappa shape index (κ3) is 3.92. The predicted octanol–water partition coefficient (Wildman–Crippen LogP) is 4.37. The Morgan fingerprint density at radius 3 is 2.50 bits per heavy atom. The lowest BCUT2D eigenvalue weighted by Gasteiger charge is -2.24. The largest absolute Gasteiger partial charge is 0.465 e. The van der Waals surface area contributed by atoms with Gasteiger partial charge in [0.1, 0.15) is 0 Å². The number of nitrogens with zero attached hydrogens (tertiary/aromatic N) is 2. The van der Waals surface area contributed by atoms with Crippen molar-refractivity contribution in [3.05, 3.63) is 95.1 Å². The lowest BCUT2D eigenvalue weighted by atomic mass is 9.99. The number of hydrogen-bond acceptors (Lipinski definition) is 4. The fraction of sp³-hybridized carbons (Fsp3) is 0.259. The van der Waals surface area contributed by atoms with Crippen LogP contribution in [0.4, 0.5) is 0 Å². The third-order valence-electron chi connectivity index (χ3n) is 6.51. The molecule has 1 unspecified atom stereocenters. The summed E-state index contributed by atoms with van der Waals surface area (Å²) < 4.78 is 4.77. The Balaban J connectivity index is 1.28. The zero-order valence-electron chi connectivity index (χ0n) is 18.2. The average Bonchev–Trinajstić information content (AvgIpc) is 3.43. The molecule has 5 rings (SSSR count). The molecule has 0 aliphatic carbocycles. The van der Waals surface area contributed by atoms with Gasteiger partial charge in [0.05, 0.1) is 12.7 Å². The van der Waals surface area contributed by atoms with Gasteiger partial charge in [-0.05, 0) is 52.9 Å². The van der Waals surface area contributed by atoms with Crippen LogP contribution in [-0.2, 0) is 17.8 Å². The molecule has 32 heavy (non-hydrogen) atoms. The molecule has 0 N–H and O–H groups in total. The molecule has 1 amide bonds. The Bertz CT molecular complexity index is 1140. The van der Waals surface area contributed by atoms with Crippen LogP contribution >= 0.6 is 0 Å². The Morgan fingerprint density at radius 1 is 1.00 bits per heavy atom. The van der Waals surface area contributed by atoms with Gasteiger partial charge in [-0.15, -0.1) is 0 Å². The van der Waals surface area contributed by atoms with Crippen molar-refractivity contribution in [2.24, 2.45) is 0 Å². The summed E-state index contributed by atoms with van der Waals surface area (Å²) in [7, 11) is 1.38. The molecule has 2 aliphatic heterocycles. The number of carbonyl (C=O) groups is 2. The molecule has 3 aromatic rings. The molecule has 0 radical (unpaired) electrons. The van der Waals surface area contributed by atoms with E-state index in [0.29, 0.717) is 12.1 Å². The number of carbonyl (C=O) groups excluding carboxylic acids is 2. The molecule has 0 spiro atoms. The van der Waals surface area contributed by atoms with Crippen LogP contribution in [-0.4, -0.2) is 47.9 Å². The highest BCUT2D eigenvalue weighted by Gasteiger charge is 2.36. The fourth-order valence-corrected chi connectivity index (χ4v) is 4.79. The standard InChI is InChI=1S/C27H26N2O3/c1-32-27(31)21-9-7-20(8-10-21)22-11-12-25-23(15-22)17-29(26(25)30)24-13-14-28(18-24)16-19-5-3-2-4-6-19/h2-12,15,24H,13-14,16-18H2,1H3. The number of hydrogen-bond donors (Lipinski definition) is 0. The van der Waals surface area contributed by atoms with Gasteiger partial charge >= 0.3 is 5.97 Å². The minimum absolute atomic E-state index is 0.138. The first kappa shape index (κ1) is 20.5. The molecule has 0 saturated carbocycles. The normalized spacial score (nSPS) is 18.1. The van der Waals surface area contributed by atoms with Gasteiger partial charge in [-0.1, -0.05) is 48.5 Å². The Labute approximate surface area is 188 Å². The van der Waals surface area contributed by atoms with E-state index >= 15 is 0 Å². The maximum atomic E-state index is 13.1. The highest BCUT2D eigenvalue weighted by molar-refractivity contribution is 5.99. The van der Waals surface area contributed by atoms with Crippen LogP contribution in [0.1, 0.15) is 38.3 Å². The number of ether oxygens (including phenoxy) is 1. The smallest absolute Gasteiger partial charge is 0.337 e. The molecule has 162 valence electrons. The number of rotatable bonds is 5. The quantitative estimate of drug-likeness (QED) is 0.569. The van der Waals surface area contributed by atoms with Crippen molar-refractivity contribution in [1.29, 1.82) is 0 Å². The van der Waals surface area contributed by atoms with Crippen molar-refractivity contribution < 1.29 is 14.3 Å². The molecule has 2 heterocycles. The second-order valence-corrected chi connectivity index (χ2v) is 8.54. The molecule has 5 nitrogen and oxygen atoms in total. The maximum Gasteiger partial charge on any atom is 0.337 e. The van der Waals surface area contributed by atoms with Crippen molar-refractivity contribution >= 4 is 11.9 Å². The topological polar surface area (TPSA) is 49.9 Å². The second kappa shape index (κ2) is 8.60. The van der Waals surface area contributed by atoms with E-state index in [9.17, 15) is 9.59 Å². The van der Waals surface area contributed by atoms with Gasteiger partial charge in [-0.25, -0.2) is 4.79 Å². The summed E-state index contributed by atoms with van der Waals surface area (Å²) >= 11 is 0. The van der Waals surface area contributed by atoms with Crippen molar-refractivity contribution in [3.63, 3.8) is 0 Å². The van der Waals surface area contributed by atoms with E-state index in [-0.39, 0.29) is 17.9 Å². The molecule has 0 bridgehead atoms. The van der Waals surface area contributed by atoms with Crippen LogP contribution in [0, 0.1) is 0 Å². The summed E-state index contributed by atoms with van der Waals surface area (Å²) in [5.74, 6) is -0.205. The number of benzene rings is 3. The van der Waals surface area contributed by atoms with Crippen LogP contribution in [0.5, 0.6) is 0 Å². The van der Waals surface area contributed by atoms with Gasteiger partial charge in [0.25, 0.3) is 5.91 Å². The first-order valence-electron chi connectivity index (χ1n) is 11.0. The van der Waals surface area contributed by atoms with Crippen LogP contribution < -0.4 is 0 Å². The van der Waals surface area contributed by atoms with Crippen molar-refractivity contribution in [2.45, 2.75) is 25.6 Å². The maximum absolute atomic E-state index is 13.1. The van der Waals surface area contributed by atoms with Gasteiger partial charge < -0.3 is 9.64 Å². The summed E-state index contributed by atoms with van der Waals surface area (Å²) in [6.07, 6.45) is 1.01. The SMILES string of the molecule is COC(=O)c1ccc(-c2ccc3c(c2)CN(C2CCN(Cc4ccccc4)C2)C3=O)cc1. The molecule has 1 atom stereocenters. The van der Waals surface area contributed by atoms with Gasteiger partial charge in [-0.2, -0.15) is 0 Å². The van der Waals surface area contributed by atoms with E-state index in [1.54, 1.807) is 12.1 Å². The third-order valence-corrected chi connectivity index (χ3v) is 6.51. The van der Waals surface area contributed by atoms with Crippen LogP contribution in [0.3, 0.4) is 0 Å². The minimum Gasteiger partial charge on any atom is -0.465 e. The van der Waals surface area contributed by atoms with Crippen molar-refractivity contribution in [1.82, 2.24) is 9.80 Å². The Hall–Kier alpha value is -3.44. The second-order valence-electron chi connectivity index (χ2n) is 8.54. The van der Waals surface area contributed by atoms with E-state index in [4.69, 9.17) is 4.74 Å². The first-order valence-corrected chi connectivity index (χ1v) is 11.0. The highest BCUT2D eigenvalue weighted by atomic mass is 16.5. The summed E-state index contributed by atoms with van der Waals surface area (Å²) in [5, 5.41) is 0. The van der Waals surface area contributed by atoms with Crippen molar-refractivity contribution in [2.75, 3.05) is 20.2 Å². The lowest BCUT2D eigenvalue weighted by molar-refractivity contribution is 0.0600. The van der Waals surface area contributed by atoms with Crippen LogP contribution in [0.25, 0.3) is 11.1 Å². The van der Waals surface area contributed by atoms with E-state index in [1.807, 2.05) is 35.2 Å². The summed E-state index contributed by atoms with van der Waals surface area (Å²) in [4.78, 5) is 29.3. The zero-order valence-corrected chi connectivity index (χ0v) is 18.2. The zero-order chi connectivity index (χ0) is 22.1. The highest BCUT2D eigenvalue weighted by Crippen LogP contribution is 2.32. The predicted molar refractivity (Wildman–Crippen MR) is 123 cm³/mol. The van der Waals surface area contributed by atoms with Crippen LogP contribution in [0.15, 0.2) is 72.8 Å². The molecule has 1 saturated heterocycles. The van der Waals surface area contributed by atoms with E-state index in [0.717, 1.165) is 48.3 Å². The number of fused-ring (bicyclic) bond motifs is 1. The summed E-state index contributed by atoms with van der Waals surface area (Å²) in [6, 6.07) is 24.2. The minimum atomic E-state index is -0.343. The van der Waals surface area contributed by atoms with Crippen LogP contribution in [0.2, 0.25) is 0 Å². The van der Waals surface area contributed by atoms with Gasteiger partial charge in [-0.3, -0.25) is 9.69 Å². The summed E-state index contributed by atoms with van der Waals surface area (Å²) in [5.41, 5.74) is 5.78. The molecular formula is C27H26N2O3. The monoisotopic (exact) mass is 426 g/mol. The van der Waals surface area contributed by atoms with Crippen molar-refractivity contribution in [3.8, 4) is 11.1 Å². The van der Waals surface area contributed by atoms with E-state index in [1.165, 1.54) is 12.7 Å². The first-order chi connectivity index (χ1) is 15.6. The molecular weight excluding hydrogens is 400 g/mol. The Morgan fingerprint density at radius 2 is 1.75 bits per heavy atom. The number of methoxy groups -OCH3 is 1. The number of amides is 1.